The number of ether oxygens (including phenoxy) is 1. The Bertz CT molecular complexity index is 1600. The molecule has 1 N–H and O–H groups in total. The van der Waals surface area contributed by atoms with Crippen molar-refractivity contribution in [2.75, 3.05) is 22.9 Å². The molecular formula is C26H22F4N6O3. The van der Waals surface area contributed by atoms with Crippen molar-refractivity contribution >= 4 is 28.4 Å². The second-order valence-corrected chi connectivity index (χ2v) is 9.73. The highest BCUT2D eigenvalue weighted by atomic mass is 19.4. The van der Waals surface area contributed by atoms with E-state index in [-0.39, 0.29) is 24.1 Å². The van der Waals surface area contributed by atoms with E-state index in [1.165, 1.54) is 34.3 Å². The third-order valence-electron chi connectivity index (χ3n) is 7.10. The summed E-state index contributed by atoms with van der Waals surface area (Å²) in [4.78, 5) is 24.1. The van der Waals surface area contributed by atoms with Gasteiger partial charge in [-0.2, -0.15) is 18.3 Å². The summed E-state index contributed by atoms with van der Waals surface area (Å²) in [7, 11) is 1.75. The van der Waals surface area contributed by atoms with Gasteiger partial charge in [0, 0.05) is 30.4 Å². The van der Waals surface area contributed by atoms with E-state index in [1.807, 2.05) is 12.1 Å². The first-order valence-corrected chi connectivity index (χ1v) is 12.0. The summed E-state index contributed by atoms with van der Waals surface area (Å²) in [6, 6.07) is 9.90. The van der Waals surface area contributed by atoms with Crippen LogP contribution in [0.15, 0.2) is 48.8 Å². The zero-order chi connectivity index (χ0) is 27.7. The third kappa shape index (κ3) is 4.04. The van der Waals surface area contributed by atoms with Gasteiger partial charge in [-0.1, -0.05) is 12.1 Å². The van der Waals surface area contributed by atoms with Crippen molar-refractivity contribution in [1.82, 2.24) is 19.7 Å². The number of hydrogen-bond acceptors (Lipinski definition) is 7. The molecule has 39 heavy (non-hydrogen) atoms. The lowest BCUT2D eigenvalue weighted by Crippen LogP contribution is -2.69. The number of amides is 1. The molecule has 2 aromatic carbocycles. The van der Waals surface area contributed by atoms with Gasteiger partial charge in [-0.3, -0.25) is 14.4 Å². The topological polar surface area (TPSA) is 96.6 Å². The Balaban J connectivity index is 1.29. The number of aliphatic hydroxyl groups is 1. The largest absolute Gasteiger partial charge is 0.476 e. The minimum absolute atomic E-state index is 0.0184. The molecule has 2 aromatic heterocycles. The molecule has 4 heterocycles. The zero-order valence-corrected chi connectivity index (χ0v) is 20.8. The molecule has 1 atom stereocenters. The standard InChI is InChI=1S/C26H22F4N6O3/c1-14-23(37)36(20-5-3-4-18(27)22(20)39-14)11-21-17-8-15(6-7-19(17)33-34(21)2)16-9-31-24(32-10-16)35-12-25(38,13-35)26(28,29)30/h3-10,14,38H,11-13H2,1-2H3/t14-/m1/s1. The zero-order valence-electron chi connectivity index (χ0n) is 20.8. The normalized spacial score (nSPS) is 18.6. The SMILES string of the molecule is C[C@H]1Oc2c(F)cccc2N(Cc2c3cc(-c4cnc(N5CC(O)(C(F)(F)F)C5)nc4)ccc3nn2C)C1=O. The summed E-state index contributed by atoms with van der Waals surface area (Å²) >= 11 is 0. The average Bonchev–Trinajstić information content (AvgIpc) is 3.19. The van der Waals surface area contributed by atoms with E-state index in [1.54, 1.807) is 30.8 Å². The molecule has 9 nitrogen and oxygen atoms in total. The number of hydrogen-bond donors (Lipinski definition) is 1. The molecule has 0 bridgehead atoms. The Labute approximate surface area is 219 Å². The average molecular weight is 542 g/mol. The molecule has 202 valence electrons. The van der Waals surface area contributed by atoms with Gasteiger partial charge < -0.3 is 14.7 Å². The monoisotopic (exact) mass is 542 g/mol. The van der Waals surface area contributed by atoms with Crippen LogP contribution in [0.25, 0.3) is 22.0 Å². The molecule has 0 aliphatic carbocycles. The summed E-state index contributed by atoms with van der Waals surface area (Å²) in [5.74, 6) is -0.767. The number of aromatic nitrogens is 4. The highest BCUT2D eigenvalue weighted by Crippen LogP contribution is 2.40. The Morgan fingerprint density at radius 1 is 1.13 bits per heavy atom. The number of carbonyl (C=O) groups excluding carboxylic acids is 1. The van der Waals surface area contributed by atoms with Gasteiger partial charge in [-0.05, 0) is 36.8 Å². The number of aryl methyl sites for hydroxylation is 1. The molecule has 2 aliphatic heterocycles. The van der Waals surface area contributed by atoms with Gasteiger partial charge >= 0.3 is 6.18 Å². The van der Waals surface area contributed by atoms with Gasteiger partial charge in [0.05, 0.1) is 36.5 Å². The Hall–Kier alpha value is -4.26. The molecule has 2 aliphatic rings. The maximum atomic E-state index is 14.4. The number of fused-ring (bicyclic) bond motifs is 2. The number of nitrogens with zero attached hydrogens (tertiary/aromatic N) is 6. The first-order chi connectivity index (χ1) is 18.4. The fourth-order valence-corrected chi connectivity index (χ4v) is 4.86. The van der Waals surface area contributed by atoms with E-state index in [9.17, 15) is 27.5 Å². The highest BCUT2D eigenvalue weighted by Gasteiger charge is 2.61. The molecule has 13 heteroatoms. The Kier molecular flexibility index (Phi) is 5.54. The van der Waals surface area contributed by atoms with Gasteiger partial charge in [0.1, 0.15) is 0 Å². The maximum absolute atomic E-state index is 14.4. The first-order valence-electron chi connectivity index (χ1n) is 12.0. The minimum Gasteiger partial charge on any atom is -0.476 e. The van der Waals surface area contributed by atoms with Crippen molar-refractivity contribution in [3.05, 3.63) is 60.3 Å². The van der Waals surface area contributed by atoms with E-state index in [0.717, 1.165) is 10.9 Å². The van der Waals surface area contributed by atoms with Crippen LogP contribution >= 0.6 is 0 Å². The third-order valence-corrected chi connectivity index (χ3v) is 7.10. The fraction of sp³-hybridized carbons (Fsp3) is 0.308. The molecule has 0 saturated carbocycles. The van der Waals surface area contributed by atoms with Crippen LogP contribution in [0.2, 0.25) is 0 Å². The van der Waals surface area contributed by atoms with E-state index in [0.29, 0.717) is 22.5 Å². The van der Waals surface area contributed by atoms with Crippen molar-refractivity contribution in [3.8, 4) is 16.9 Å². The first kappa shape index (κ1) is 25.0. The Morgan fingerprint density at radius 3 is 2.54 bits per heavy atom. The predicted octanol–water partition coefficient (Wildman–Crippen LogP) is 3.60. The summed E-state index contributed by atoms with van der Waals surface area (Å²) in [6.07, 6.45) is -2.59. The van der Waals surface area contributed by atoms with Gasteiger partial charge in [0.2, 0.25) is 5.95 Å². The molecule has 1 saturated heterocycles. The van der Waals surface area contributed by atoms with Crippen LogP contribution in [0.5, 0.6) is 5.75 Å². The number of β-amino-alcohol motifs (C(OH)–C–C–N with tert-alkyl or cyclic N) is 1. The fourth-order valence-electron chi connectivity index (χ4n) is 4.86. The van der Waals surface area contributed by atoms with Crippen LogP contribution in [-0.2, 0) is 18.4 Å². The number of para-hydroxylation sites is 1. The van der Waals surface area contributed by atoms with Gasteiger partial charge in [-0.25, -0.2) is 14.4 Å². The molecule has 0 spiro atoms. The van der Waals surface area contributed by atoms with Crippen molar-refractivity contribution in [1.29, 1.82) is 0 Å². The number of benzene rings is 2. The lowest BCUT2D eigenvalue weighted by molar-refractivity contribution is -0.267. The van der Waals surface area contributed by atoms with Crippen molar-refractivity contribution in [2.45, 2.75) is 31.3 Å². The molecule has 1 fully saturated rings. The predicted molar refractivity (Wildman–Crippen MR) is 133 cm³/mol. The van der Waals surface area contributed by atoms with Crippen molar-refractivity contribution in [3.63, 3.8) is 0 Å². The van der Waals surface area contributed by atoms with Crippen molar-refractivity contribution in [2.24, 2.45) is 7.05 Å². The molecule has 1 amide bonds. The minimum atomic E-state index is -4.72. The number of rotatable bonds is 4. The lowest BCUT2D eigenvalue weighted by Gasteiger charge is -2.46. The van der Waals surface area contributed by atoms with E-state index < -0.39 is 36.8 Å². The maximum Gasteiger partial charge on any atom is 0.420 e. The summed E-state index contributed by atoms with van der Waals surface area (Å²) in [6.45, 7) is 0.420. The Morgan fingerprint density at radius 2 is 1.85 bits per heavy atom. The van der Waals surface area contributed by atoms with Gasteiger partial charge in [-0.15, -0.1) is 0 Å². The number of carbonyl (C=O) groups is 1. The molecular weight excluding hydrogens is 520 g/mol. The quantitative estimate of drug-likeness (QED) is 0.394. The molecule has 6 rings (SSSR count). The van der Waals surface area contributed by atoms with Gasteiger partial charge in [0.25, 0.3) is 5.91 Å². The molecule has 0 radical (unpaired) electrons. The van der Waals surface area contributed by atoms with E-state index in [4.69, 9.17) is 4.74 Å². The smallest absolute Gasteiger partial charge is 0.420 e. The molecule has 4 aromatic rings. The van der Waals surface area contributed by atoms with Crippen LogP contribution in [0, 0.1) is 5.82 Å². The number of alkyl halides is 3. The van der Waals surface area contributed by atoms with Crippen LogP contribution in [-0.4, -0.2) is 61.7 Å². The summed E-state index contributed by atoms with van der Waals surface area (Å²) < 4.78 is 60.4. The van der Waals surface area contributed by atoms with E-state index in [2.05, 4.69) is 15.1 Å². The highest BCUT2D eigenvalue weighted by molar-refractivity contribution is 6.00. The summed E-state index contributed by atoms with van der Waals surface area (Å²) in [5.41, 5.74) is 0.291. The lowest BCUT2D eigenvalue weighted by atomic mass is 9.94. The van der Waals surface area contributed by atoms with Crippen LogP contribution in [0.4, 0.5) is 29.2 Å². The second kappa shape index (κ2) is 8.63. The van der Waals surface area contributed by atoms with Crippen LogP contribution in [0.3, 0.4) is 0 Å². The summed E-state index contributed by atoms with van der Waals surface area (Å²) in [5, 5.41) is 15.0. The van der Waals surface area contributed by atoms with E-state index >= 15 is 0 Å². The molecule has 0 unspecified atom stereocenters. The van der Waals surface area contributed by atoms with Crippen LogP contribution in [0.1, 0.15) is 12.6 Å². The number of halogens is 4. The van der Waals surface area contributed by atoms with Crippen LogP contribution < -0.4 is 14.5 Å². The van der Waals surface area contributed by atoms with Crippen molar-refractivity contribution < 1.29 is 32.2 Å². The number of anilines is 2. The van der Waals surface area contributed by atoms with Gasteiger partial charge in [0.15, 0.2) is 23.3 Å². The second-order valence-electron chi connectivity index (χ2n) is 9.73.